The Hall–Kier alpha value is -0.320. The Labute approximate surface area is 77.2 Å². The number of carboxylic acids is 1. The minimum Gasteiger partial charge on any atom is -0.481 e. The topological polar surface area (TPSA) is 83.6 Å². The summed E-state index contributed by atoms with van der Waals surface area (Å²) in [6.07, 6.45) is 0.860. The zero-order valence-electron chi connectivity index (χ0n) is 6.64. The van der Waals surface area contributed by atoms with Crippen LogP contribution in [0.15, 0.2) is 0 Å². The molecule has 0 spiro atoms. The zero-order chi connectivity index (χ0) is 8.43. The van der Waals surface area contributed by atoms with Crippen LogP contribution in [0, 0.1) is 5.92 Å². The van der Waals surface area contributed by atoms with Gasteiger partial charge in [0.25, 0.3) is 0 Å². The SMILES string of the molecule is Cl.NC1CCC(C(=O)O)C(O)C1. The molecule has 1 fully saturated rings. The highest BCUT2D eigenvalue weighted by Crippen LogP contribution is 2.23. The molecule has 12 heavy (non-hydrogen) atoms. The van der Waals surface area contributed by atoms with Crippen molar-refractivity contribution >= 4 is 18.4 Å². The van der Waals surface area contributed by atoms with Crippen LogP contribution in [0.25, 0.3) is 0 Å². The highest BCUT2D eigenvalue weighted by Gasteiger charge is 2.32. The van der Waals surface area contributed by atoms with Crippen molar-refractivity contribution in [2.24, 2.45) is 11.7 Å². The van der Waals surface area contributed by atoms with Crippen LogP contribution in [0.3, 0.4) is 0 Å². The van der Waals surface area contributed by atoms with Crippen molar-refractivity contribution in [3.8, 4) is 0 Å². The molecule has 3 atom stereocenters. The third-order valence-corrected chi connectivity index (χ3v) is 2.17. The highest BCUT2D eigenvalue weighted by molar-refractivity contribution is 5.85. The molecule has 3 unspecified atom stereocenters. The predicted molar refractivity (Wildman–Crippen MR) is 46.2 cm³/mol. The quantitative estimate of drug-likeness (QED) is 0.549. The van der Waals surface area contributed by atoms with Crippen molar-refractivity contribution in [3.05, 3.63) is 0 Å². The van der Waals surface area contributed by atoms with E-state index >= 15 is 0 Å². The minimum absolute atomic E-state index is 0. The summed E-state index contributed by atoms with van der Waals surface area (Å²) in [4.78, 5) is 10.5. The molecule has 5 heteroatoms. The normalized spacial score (nSPS) is 35.3. The number of aliphatic hydroxyl groups excluding tert-OH is 1. The lowest BCUT2D eigenvalue weighted by Crippen LogP contribution is -2.40. The molecule has 1 aliphatic rings. The van der Waals surface area contributed by atoms with Crippen LogP contribution in [0.2, 0.25) is 0 Å². The van der Waals surface area contributed by atoms with Gasteiger partial charge in [-0.15, -0.1) is 12.4 Å². The number of hydrogen-bond acceptors (Lipinski definition) is 3. The Kier molecular flexibility index (Phi) is 4.52. The lowest BCUT2D eigenvalue weighted by Gasteiger charge is -2.28. The molecule has 0 bridgehead atoms. The van der Waals surface area contributed by atoms with Gasteiger partial charge in [-0.2, -0.15) is 0 Å². The number of carbonyl (C=O) groups is 1. The third kappa shape index (κ3) is 2.62. The summed E-state index contributed by atoms with van der Waals surface area (Å²) in [5, 5.41) is 17.8. The number of hydrogen-bond donors (Lipinski definition) is 3. The Bertz CT molecular complexity index is 165. The summed E-state index contributed by atoms with van der Waals surface area (Å²) in [6, 6.07) is -0.0272. The Morgan fingerprint density at radius 1 is 1.42 bits per heavy atom. The van der Waals surface area contributed by atoms with Gasteiger partial charge in [-0.1, -0.05) is 0 Å². The molecule has 0 aromatic heterocycles. The van der Waals surface area contributed by atoms with E-state index < -0.39 is 18.0 Å². The summed E-state index contributed by atoms with van der Waals surface area (Å²) in [7, 11) is 0. The van der Waals surface area contributed by atoms with E-state index in [0.29, 0.717) is 19.3 Å². The first-order valence-electron chi connectivity index (χ1n) is 3.77. The number of carboxylic acid groups (broad SMARTS) is 1. The van der Waals surface area contributed by atoms with Gasteiger partial charge < -0.3 is 15.9 Å². The van der Waals surface area contributed by atoms with Gasteiger partial charge >= 0.3 is 5.97 Å². The number of rotatable bonds is 1. The first-order chi connectivity index (χ1) is 5.11. The third-order valence-electron chi connectivity index (χ3n) is 2.17. The Morgan fingerprint density at radius 3 is 2.42 bits per heavy atom. The smallest absolute Gasteiger partial charge is 0.309 e. The fourth-order valence-electron chi connectivity index (χ4n) is 1.47. The molecule has 0 amide bonds. The number of nitrogens with two attached hydrogens (primary N) is 1. The van der Waals surface area contributed by atoms with E-state index in [1.165, 1.54) is 0 Å². The van der Waals surface area contributed by atoms with Gasteiger partial charge in [0.15, 0.2) is 0 Å². The second-order valence-electron chi connectivity index (χ2n) is 3.09. The average Bonchev–Trinajstić information content (AvgIpc) is 1.85. The van der Waals surface area contributed by atoms with Crippen LogP contribution in [0.5, 0.6) is 0 Å². The molecule has 1 aliphatic carbocycles. The van der Waals surface area contributed by atoms with Crippen LogP contribution in [-0.2, 0) is 4.79 Å². The highest BCUT2D eigenvalue weighted by atomic mass is 35.5. The largest absolute Gasteiger partial charge is 0.481 e. The molecule has 4 N–H and O–H groups in total. The molecule has 1 saturated carbocycles. The van der Waals surface area contributed by atoms with Crippen molar-refractivity contribution in [3.63, 3.8) is 0 Å². The number of halogens is 1. The van der Waals surface area contributed by atoms with E-state index in [2.05, 4.69) is 0 Å². The van der Waals surface area contributed by atoms with Crippen molar-refractivity contribution in [1.82, 2.24) is 0 Å². The Balaban J connectivity index is 0.00000121. The summed E-state index contributed by atoms with van der Waals surface area (Å²) in [6.45, 7) is 0. The standard InChI is InChI=1S/C7H13NO3.ClH/c8-4-1-2-5(7(10)11)6(9)3-4;/h4-6,9H,1-3,8H2,(H,10,11);1H. The maximum atomic E-state index is 10.5. The first-order valence-corrected chi connectivity index (χ1v) is 3.77. The van der Waals surface area contributed by atoms with E-state index in [0.717, 1.165) is 0 Å². The van der Waals surface area contributed by atoms with E-state index in [1.807, 2.05) is 0 Å². The molecule has 0 heterocycles. The summed E-state index contributed by atoms with van der Waals surface area (Å²) < 4.78 is 0. The zero-order valence-corrected chi connectivity index (χ0v) is 7.46. The van der Waals surface area contributed by atoms with E-state index in [4.69, 9.17) is 10.8 Å². The second kappa shape index (κ2) is 4.64. The summed E-state index contributed by atoms with van der Waals surface area (Å²) >= 11 is 0. The maximum Gasteiger partial charge on any atom is 0.309 e. The molecule has 4 nitrogen and oxygen atoms in total. The van der Waals surface area contributed by atoms with Gasteiger partial charge in [0, 0.05) is 6.04 Å². The molecule has 72 valence electrons. The van der Waals surface area contributed by atoms with Crippen molar-refractivity contribution in [1.29, 1.82) is 0 Å². The minimum atomic E-state index is -0.913. The second-order valence-corrected chi connectivity index (χ2v) is 3.09. The monoisotopic (exact) mass is 195 g/mol. The summed E-state index contributed by atoms with van der Waals surface area (Å²) in [5.41, 5.74) is 5.53. The molecule has 0 aliphatic heterocycles. The van der Waals surface area contributed by atoms with Gasteiger partial charge in [-0.25, -0.2) is 0 Å². The lowest BCUT2D eigenvalue weighted by atomic mass is 9.84. The van der Waals surface area contributed by atoms with Gasteiger partial charge in [0.2, 0.25) is 0 Å². The molecular formula is C7H14ClNO3. The molecule has 0 aromatic rings. The van der Waals surface area contributed by atoms with Gasteiger partial charge in [-0.3, -0.25) is 4.79 Å². The first kappa shape index (κ1) is 11.7. The molecule has 0 aromatic carbocycles. The van der Waals surface area contributed by atoms with Crippen molar-refractivity contribution in [2.45, 2.75) is 31.4 Å². The molecule has 0 saturated heterocycles. The number of aliphatic hydroxyl groups is 1. The van der Waals surface area contributed by atoms with Crippen molar-refractivity contribution < 1.29 is 15.0 Å². The van der Waals surface area contributed by atoms with Gasteiger partial charge in [-0.05, 0) is 19.3 Å². The Morgan fingerprint density at radius 2 is 2.00 bits per heavy atom. The lowest BCUT2D eigenvalue weighted by molar-refractivity contribution is -0.147. The average molecular weight is 196 g/mol. The fourth-order valence-corrected chi connectivity index (χ4v) is 1.47. The van der Waals surface area contributed by atoms with Crippen molar-refractivity contribution in [2.75, 3.05) is 0 Å². The van der Waals surface area contributed by atoms with Crippen LogP contribution in [0.1, 0.15) is 19.3 Å². The summed E-state index contributed by atoms with van der Waals surface area (Å²) in [5.74, 6) is -1.51. The number of aliphatic carboxylic acids is 1. The van der Waals surface area contributed by atoms with Gasteiger partial charge in [0.05, 0.1) is 12.0 Å². The van der Waals surface area contributed by atoms with E-state index in [9.17, 15) is 9.90 Å². The maximum absolute atomic E-state index is 10.5. The fraction of sp³-hybridized carbons (Fsp3) is 0.857. The van der Waals surface area contributed by atoms with Gasteiger partial charge in [0.1, 0.15) is 0 Å². The predicted octanol–water partition coefficient (Wildman–Crippen LogP) is -0.0189. The van der Waals surface area contributed by atoms with E-state index in [1.54, 1.807) is 0 Å². The van der Waals surface area contributed by atoms with E-state index in [-0.39, 0.29) is 18.4 Å². The molecule has 0 radical (unpaired) electrons. The molecular weight excluding hydrogens is 182 g/mol. The molecule has 1 rings (SSSR count). The van der Waals surface area contributed by atoms with Crippen LogP contribution in [-0.4, -0.2) is 28.3 Å². The van der Waals surface area contributed by atoms with Crippen LogP contribution >= 0.6 is 12.4 Å². The van der Waals surface area contributed by atoms with Crippen LogP contribution in [0.4, 0.5) is 0 Å². The van der Waals surface area contributed by atoms with Crippen LogP contribution < -0.4 is 5.73 Å².